The number of Topliss-reactive ketones (excluding diaryl/α,β-unsaturated/α-hetero) is 1. The molecule has 150 valence electrons. The highest BCUT2D eigenvalue weighted by molar-refractivity contribution is 6.11. The molecule has 0 aromatic carbocycles. The largest absolute Gasteiger partial charge is 0.461 e. The number of fused-ring (bicyclic) bond motifs is 1. The molecular weight excluding hydrogens is 346 g/mol. The topological polar surface area (TPSA) is 88.5 Å². The third-order valence-electron chi connectivity index (χ3n) is 5.01. The molecular formula is C19H31N5O3. The molecule has 2 N–H and O–H groups in total. The van der Waals surface area contributed by atoms with Gasteiger partial charge in [-0.05, 0) is 47.2 Å². The summed E-state index contributed by atoms with van der Waals surface area (Å²) >= 11 is 0. The van der Waals surface area contributed by atoms with Crippen LogP contribution in [0.1, 0.15) is 53.2 Å². The van der Waals surface area contributed by atoms with Gasteiger partial charge in [-0.1, -0.05) is 0 Å². The fourth-order valence-corrected chi connectivity index (χ4v) is 3.18. The number of carbonyl (C=O) groups excluding carboxylic acids is 2. The Bertz CT molecular complexity index is 732. The molecule has 0 fully saturated rings. The van der Waals surface area contributed by atoms with Crippen LogP contribution in [0.3, 0.4) is 0 Å². The van der Waals surface area contributed by atoms with Crippen LogP contribution in [0, 0.1) is 0 Å². The van der Waals surface area contributed by atoms with E-state index in [4.69, 9.17) is 4.74 Å². The Morgan fingerprint density at radius 2 is 2.00 bits per heavy atom. The number of ketones is 1. The highest BCUT2D eigenvalue weighted by atomic mass is 16.5. The SMILES string of the molecule is CCOC(=O)c1nn(CCC(C)(NC)NC)c2c1CCC(=CN(C)C)C2=O. The first-order chi connectivity index (χ1) is 12.8. The Kier molecular flexibility index (Phi) is 6.78. The van der Waals surface area contributed by atoms with Crippen LogP contribution in [0.5, 0.6) is 0 Å². The summed E-state index contributed by atoms with van der Waals surface area (Å²) in [6.45, 7) is 4.57. The van der Waals surface area contributed by atoms with Gasteiger partial charge in [-0.2, -0.15) is 5.10 Å². The van der Waals surface area contributed by atoms with Crippen LogP contribution in [-0.4, -0.2) is 66.9 Å². The molecule has 0 amide bonds. The maximum absolute atomic E-state index is 13.1. The van der Waals surface area contributed by atoms with Crippen LogP contribution in [0.15, 0.2) is 11.8 Å². The van der Waals surface area contributed by atoms with Crippen molar-refractivity contribution in [1.29, 1.82) is 0 Å². The predicted octanol–water partition coefficient (Wildman–Crippen LogP) is 1.18. The fraction of sp³-hybridized carbons (Fsp3) is 0.632. The summed E-state index contributed by atoms with van der Waals surface area (Å²) in [7, 11) is 7.54. The summed E-state index contributed by atoms with van der Waals surface area (Å²) in [4.78, 5) is 27.3. The van der Waals surface area contributed by atoms with Crippen LogP contribution in [0.2, 0.25) is 0 Å². The Morgan fingerprint density at radius 1 is 1.33 bits per heavy atom. The Morgan fingerprint density at radius 3 is 2.56 bits per heavy atom. The minimum Gasteiger partial charge on any atom is -0.461 e. The number of hydrogen-bond donors (Lipinski definition) is 2. The zero-order valence-electron chi connectivity index (χ0n) is 17.2. The van der Waals surface area contributed by atoms with Gasteiger partial charge < -0.3 is 20.3 Å². The molecule has 0 aliphatic heterocycles. The maximum Gasteiger partial charge on any atom is 0.359 e. The molecule has 0 saturated heterocycles. The van der Waals surface area contributed by atoms with E-state index in [1.807, 2.05) is 46.2 Å². The molecule has 2 rings (SSSR count). The van der Waals surface area contributed by atoms with Crippen molar-refractivity contribution >= 4 is 11.8 Å². The standard InChI is InChI=1S/C19H31N5O3/c1-7-27-18(26)15-14-9-8-13(12-23(5)6)17(25)16(14)24(22-15)11-10-19(2,20-3)21-4/h12,20-21H,7-11H2,1-6H3. The second-order valence-corrected chi connectivity index (χ2v) is 7.15. The first kappa shape index (κ1) is 21.1. The smallest absolute Gasteiger partial charge is 0.359 e. The van der Waals surface area contributed by atoms with E-state index in [2.05, 4.69) is 15.7 Å². The number of esters is 1. The van der Waals surface area contributed by atoms with Gasteiger partial charge in [-0.15, -0.1) is 0 Å². The average molecular weight is 377 g/mol. The highest BCUT2D eigenvalue weighted by Gasteiger charge is 2.33. The van der Waals surface area contributed by atoms with Gasteiger partial charge in [0.25, 0.3) is 0 Å². The Labute approximate surface area is 160 Å². The van der Waals surface area contributed by atoms with Crippen molar-refractivity contribution in [1.82, 2.24) is 25.3 Å². The van der Waals surface area contributed by atoms with Gasteiger partial charge >= 0.3 is 5.97 Å². The zero-order chi connectivity index (χ0) is 20.2. The normalized spacial score (nSPS) is 15.8. The first-order valence-electron chi connectivity index (χ1n) is 9.32. The number of ether oxygens (including phenoxy) is 1. The quantitative estimate of drug-likeness (QED) is 0.399. The molecule has 0 unspecified atom stereocenters. The molecule has 0 spiro atoms. The summed E-state index contributed by atoms with van der Waals surface area (Å²) < 4.78 is 6.81. The third-order valence-corrected chi connectivity index (χ3v) is 5.01. The lowest BCUT2D eigenvalue weighted by molar-refractivity contribution is 0.0517. The van der Waals surface area contributed by atoms with Gasteiger partial charge in [0, 0.05) is 38.0 Å². The van der Waals surface area contributed by atoms with Crippen molar-refractivity contribution < 1.29 is 14.3 Å². The van der Waals surface area contributed by atoms with Gasteiger partial charge in [0.2, 0.25) is 5.78 Å². The minimum absolute atomic E-state index is 0.0661. The third kappa shape index (κ3) is 4.56. The van der Waals surface area contributed by atoms with E-state index < -0.39 is 5.97 Å². The zero-order valence-corrected chi connectivity index (χ0v) is 17.2. The fourth-order valence-electron chi connectivity index (χ4n) is 3.18. The van der Waals surface area contributed by atoms with Gasteiger partial charge in [0.15, 0.2) is 5.69 Å². The molecule has 1 aliphatic carbocycles. The minimum atomic E-state index is -0.467. The summed E-state index contributed by atoms with van der Waals surface area (Å²) in [5, 5.41) is 10.9. The van der Waals surface area contributed by atoms with Crippen molar-refractivity contribution in [3.63, 3.8) is 0 Å². The Hall–Kier alpha value is -2.19. The number of rotatable bonds is 8. The van der Waals surface area contributed by atoms with E-state index in [0.717, 1.165) is 5.57 Å². The lowest BCUT2D eigenvalue weighted by atomic mass is 9.90. The number of aryl methyl sites for hydroxylation is 1. The molecule has 0 atom stereocenters. The van der Waals surface area contributed by atoms with E-state index in [-0.39, 0.29) is 23.7 Å². The van der Waals surface area contributed by atoms with Crippen LogP contribution in [-0.2, 0) is 17.7 Å². The van der Waals surface area contributed by atoms with Crippen LogP contribution < -0.4 is 10.6 Å². The second-order valence-electron chi connectivity index (χ2n) is 7.15. The van der Waals surface area contributed by atoms with Crippen LogP contribution in [0.25, 0.3) is 0 Å². The van der Waals surface area contributed by atoms with E-state index in [1.54, 1.807) is 11.6 Å². The Balaban J connectivity index is 2.44. The molecule has 0 radical (unpaired) electrons. The van der Waals surface area contributed by atoms with E-state index in [9.17, 15) is 9.59 Å². The van der Waals surface area contributed by atoms with Crippen molar-refractivity contribution in [3.8, 4) is 0 Å². The molecule has 1 aromatic rings. The molecule has 1 aromatic heterocycles. The summed E-state index contributed by atoms with van der Waals surface area (Å²) in [6.07, 6.45) is 3.73. The number of hydrogen-bond acceptors (Lipinski definition) is 7. The highest BCUT2D eigenvalue weighted by Crippen LogP contribution is 2.29. The van der Waals surface area contributed by atoms with E-state index >= 15 is 0 Å². The average Bonchev–Trinajstić information content (AvgIpc) is 3.01. The first-order valence-corrected chi connectivity index (χ1v) is 9.32. The molecule has 8 nitrogen and oxygen atoms in total. The van der Waals surface area contributed by atoms with Crippen molar-refractivity contribution in [2.24, 2.45) is 0 Å². The maximum atomic E-state index is 13.1. The van der Waals surface area contributed by atoms with Crippen molar-refractivity contribution in [2.75, 3.05) is 34.8 Å². The molecule has 0 bridgehead atoms. The van der Waals surface area contributed by atoms with E-state index in [0.29, 0.717) is 37.1 Å². The molecule has 0 saturated carbocycles. The number of allylic oxidation sites excluding steroid dienone is 1. The van der Waals surface area contributed by atoms with Gasteiger partial charge in [-0.3, -0.25) is 9.48 Å². The van der Waals surface area contributed by atoms with E-state index in [1.165, 1.54) is 0 Å². The number of carbonyl (C=O) groups is 2. The van der Waals surface area contributed by atoms with Gasteiger partial charge in [-0.25, -0.2) is 4.79 Å². The number of nitrogens with zero attached hydrogens (tertiary/aromatic N) is 3. The summed E-state index contributed by atoms with van der Waals surface area (Å²) in [5.74, 6) is -0.533. The van der Waals surface area contributed by atoms with Gasteiger partial charge in [0.1, 0.15) is 5.69 Å². The van der Waals surface area contributed by atoms with Crippen LogP contribution in [0.4, 0.5) is 0 Å². The van der Waals surface area contributed by atoms with Gasteiger partial charge in [0.05, 0.1) is 12.3 Å². The number of nitrogens with one attached hydrogen (secondary N) is 2. The molecule has 27 heavy (non-hydrogen) atoms. The number of aromatic nitrogens is 2. The lowest BCUT2D eigenvalue weighted by Gasteiger charge is -2.29. The summed E-state index contributed by atoms with van der Waals surface area (Å²) in [6, 6.07) is 0. The molecule has 1 heterocycles. The van der Waals surface area contributed by atoms with Crippen molar-refractivity contribution in [2.45, 2.75) is 45.3 Å². The predicted molar refractivity (Wildman–Crippen MR) is 104 cm³/mol. The van der Waals surface area contributed by atoms with Crippen molar-refractivity contribution in [3.05, 3.63) is 28.7 Å². The monoisotopic (exact) mass is 377 g/mol. The molecule has 8 heteroatoms. The molecule has 1 aliphatic rings. The lowest BCUT2D eigenvalue weighted by Crippen LogP contribution is -2.51. The summed E-state index contributed by atoms with van der Waals surface area (Å²) in [5.41, 5.74) is 1.90. The second kappa shape index (κ2) is 8.67. The van der Waals surface area contributed by atoms with Crippen LogP contribution >= 0.6 is 0 Å².